The molecule has 52 heavy (non-hydrogen) atoms. The fourth-order valence-electron chi connectivity index (χ4n) is 8.10. The van der Waals surface area contributed by atoms with Crippen LogP contribution in [0.3, 0.4) is 0 Å². The van der Waals surface area contributed by atoms with Crippen molar-refractivity contribution >= 4 is 87.1 Å². The largest absolute Gasteiger partial charge is 2.00 e. The maximum Gasteiger partial charge on any atom is 2.00 e. The molecular weight excluding hydrogens is 840 g/mol. The van der Waals surface area contributed by atoms with Gasteiger partial charge in [-0.2, -0.15) is 6.07 Å². The molecule has 0 spiro atoms. The Morgan fingerprint density at radius 3 is 2.35 bits per heavy atom. The zero-order chi connectivity index (χ0) is 33.8. The van der Waals surface area contributed by atoms with E-state index < -0.39 is 0 Å². The number of fused-ring (bicyclic) bond motifs is 14. The molecule has 5 heterocycles. The van der Waals surface area contributed by atoms with E-state index in [1.807, 2.05) is 47.9 Å². The average molecular weight is 868 g/mol. The van der Waals surface area contributed by atoms with Crippen LogP contribution in [0.15, 0.2) is 134 Å². The second kappa shape index (κ2) is 11.5. The van der Waals surface area contributed by atoms with Gasteiger partial charge in [-0.05, 0) is 47.3 Å². The molecule has 0 N–H and O–H groups in total. The molecule has 7 heteroatoms. The smallest absolute Gasteiger partial charge is 0.503 e. The normalized spacial score (nSPS) is 13.5. The third-order valence-corrected chi connectivity index (χ3v) is 11.6. The molecule has 0 fully saturated rings. The summed E-state index contributed by atoms with van der Waals surface area (Å²) in [5, 5.41) is 5.63. The fraction of sp³-hybridized carbons (Fsp3) is 0.0667. The second-order valence-corrected chi connectivity index (χ2v) is 14.7. The summed E-state index contributed by atoms with van der Waals surface area (Å²) in [6.07, 6.45) is 1.88. The van der Waals surface area contributed by atoms with Crippen molar-refractivity contribution in [2.24, 2.45) is 0 Å². The van der Waals surface area contributed by atoms with Crippen LogP contribution in [0.4, 0.5) is 17.2 Å². The van der Waals surface area contributed by atoms with Crippen LogP contribution in [0.25, 0.3) is 58.5 Å². The summed E-state index contributed by atoms with van der Waals surface area (Å²) in [6, 6.07) is 51.7. The van der Waals surface area contributed by atoms with Crippen LogP contribution in [0.2, 0.25) is 0 Å². The number of ether oxygens (including phenoxy) is 1. The van der Waals surface area contributed by atoms with E-state index in [1.54, 1.807) is 0 Å². The Labute approximate surface area is 318 Å². The van der Waals surface area contributed by atoms with Gasteiger partial charge in [0.15, 0.2) is 0 Å². The summed E-state index contributed by atoms with van der Waals surface area (Å²) in [4.78, 5) is 12.4. The first-order valence-corrected chi connectivity index (χ1v) is 17.9. The molecule has 0 atom stereocenters. The van der Waals surface area contributed by atoms with Gasteiger partial charge in [0.05, 0.1) is 22.4 Å². The molecule has 1 aliphatic rings. The Balaban J connectivity index is 0.00000338. The minimum absolute atomic E-state index is 0. The third-order valence-electron chi connectivity index (χ3n) is 10.4. The van der Waals surface area contributed by atoms with Crippen LogP contribution in [0.1, 0.15) is 25.0 Å². The van der Waals surface area contributed by atoms with Crippen molar-refractivity contribution in [2.75, 3.05) is 4.90 Å². The number of rotatable bonds is 3. The van der Waals surface area contributed by atoms with Crippen LogP contribution < -0.4 is 9.64 Å². The van der Waals surface area contributed by atoms with E-state index in [-0.39, 0.29) is 26.5 Å². The zero-order valence-corrected chi connectivity index (χ0v) is 31.2. The van der Waals surface area contributed by atoms with Gasteiger partial charge in [-0.15, -0.1) is 41.7 Å². The Bertz CT molecular complexity index is 3070. The quantitative estimate of drug-likeness (QED) is 0.131. The topological polar surface area (TPSA) is 42.7 Å². The number of hydrogen-bond donors (Lipinski definition) is 0. The van der Waals surface area contributed by atoms with Crippen LogP contribution in [-0.2, 0) is 26.5 Å². The molecule has 11 rings (SSSR count). The maximum absolute atomic E-state index is 6.62. The average Bonchev–Trinajstić information content (AvgIpc) is 3.75. The van der Waals surface area contributed by atoms with E-state index in [2.05, 4.69) is 132 Å². The van der Waals surface area contributed by atoms with Gasteiger partial charge < -0.3 is 14.0 Å². The van der Waals surface area contributed by atoms with Crippen molar-refractivity contribution in [2.45, 2.75) is 19.3 Å². The summed E-state index contributed by atoms with van der Waals surface area (Å²) in [5.41, 5.74) is 8.16. The summed E-state index contributed by atoms with van der Waals surface area (Å²) < 4.78 is 11.4. The SMILES string of the molecule is CC1(C)c2cccnc2N(c2[c-]c(Oc3[c-]c4c(cc3)c3ccccc3n3c5ccccc5nc43)ccc2)c2c1ccc1sc3ccccc3c21.[Pt+2]. The standard InChI is InChI=1S/C45H28N4OS.Pt/c1-45(2)34-22-23-40-41(32-14-4-8-19-39(32)51-40)42(34)48(44-35(45)15-10-24-46-44)27-11-9-12-28(25-27)50-29-20-21-30-31-13-3-6-17-37(31)49-38-18-7-5-16-36(38)47-43(49)33(30)26-29;/h3-24H,1-2H3;/q-2;+2. The first kappa shape index (κ1) is 31.2. The van der Waals surface area contributed by atoms with Crippen molar-refractivity contribution in [3.63, 3.8) is 0 Å². The number of benzene rings is 6. The molecule has 0 unspecified atom stereocenters. The number of nitrogens with zero attached hydrogens (tertiary/aromatic N) is 4. The minimum atomic E-state index is -0.256. The molecule has 4 aromatic heterocycles. The van der Waals surface area contributed by atoms with Crippen LogP contribution in [-0.4, -0.2) is 14.4 Å². The Morgan fingerprint density at radius 1 is 0.654 bits per heavy atom. The van der Waals surface area contributed by atoms with Gasteiger partial charge >= 0.3 is 21.1 Å². The van der Waals surface area contributed by atoms with E-state index in [9.17, 15) is 0 Å². The van der Waals surface area contributed by atoms with Gasteiger partial charge in [0, 0.05) is 54.4 Å². The predicted octanol–water partition coefficient (Wildman–Crippen LogP) is 12.1. The monoisotopic (exact) mass is 867 g/mol. The van der Waals surface area contributed by atoms with E-state index in [0.717, 1.165) is 55.5 Å². The van der Waals surface area contributed by atoms with Gasteiger partial charge in [0.1, 0.15) is 5.82 Å². The Morgan fingerprint density at radius 2 is 1.44 bits per heavy atom. The van der Waals surface area contributed by atoms with E-state index in [1.165, 1.54) is 31.3 Å². The zero-order valence-electron chi connectivity index (χ0n) is 28.1. The van der Waals surface area contributed by atoms with Crippen LogP contribution >= 0.6 is 11.3 Å². The predicted molar refractivity (Wildman–Crippen MR) is 209 cm³/mol. The number of hydrogen-bond acceptors (Lipinski definition) is 5. The first-order chi connectivity index (χ1) is 25.0. The van der Waals surface area contributed by atoms with Gasteiger partial charge in [0.2, 0.25) is 0 Å². The van der Waals surface area contributed by atoms with Crippen molar-refractivity contribution in [1.29, 1.82) is 0 Å². The molecule has 6 aromatic carbocycles. The molecule has 0 saturated heterocycles. The molecule has 10 aromatic rings. The molecular formula is C45H28N4OPtS. The Hall–Kier alpha value is -5.55. The van der Waals surface area contributed by atoms with Gasteiger partial charge in [-0.1, -0.05) is 97.0 Å². The van der Waals surface area contributed by atoms with E-state index in [0.29, 0.717) is 11.5 Å². The molecule has 0 bridgehead atoms. The summed E-state index contributed by atoms with van der Waals surface area (Å²) in [5.74, 6) is 2.11. The number of aromatic nitrogens is 3. The van der Waals surface area contributed by atoms with Crippen molar-refractivity contribution in [1.82, 2.24) is 14.4 Å². The van der Waals surface area contributed by atoms with Crippen LogP contribution in [0, 0.1) is 12.1 Å². The van der Waals surface area contributed by atoms with Crippen molar-refractivity contribution < 1.29 is 25.8 Å². The van der Waals surface area contributed by atoms with E-state index in [4.69, 9.17) is 14.7 Å². The molecule has 5 nitrogen and oxygen atoms in total. The molecule has 0 saturated carbocycles. The van der Waals surface area contributed by atoms with Crippen LogP contribution in [0.5, 0.6) is 11.5 Å². The molecule has 250 valence electrons. The van der Waals surface area contributed by atoms with Gasteiger partial charge in [-0.25, -0.2) is 4.98 Å². The van der Waals surface area contributed by atoms with Gasteiger partial charge in [0.25, 0.3) is 0 Å². The molecule has 0 aliphatic carbocycles. The second-order valence-electron chi connectivity index (χ2n) is 13.7. The van der Waals surface area contributed by atoms with Gasteiger partial charge in [-0.3, -0.25) is 4.98 Å². The van der Waals surface area contributed by atoms with E-state index >= 15 is 0 Å². The number of pyridine rings is 2. The fourth-order valence-corrected chi connectivity index (χ4v) is 9.21. The number of imidazole rings is 1. The summed E-state index contributed by atoms with van der Waals surface area (Å²) in [6.45, 7) is 4.60. The molecule has 0 radical (unpaired) electrons. The Kier molecular flexibility index (Phi) is 6.89. The van der Waals surface area contributed by atoms with Crippen molar-refractivity contribution in [3.05, 3.63) is 157 Å². The minimum Gasteiger partial charge on any atom is -0.503 e. The van der Waals surface area contributed by atoms with Crippen molar-refractivity contribution in [3.8, 4) is 11.5 Å². The summed E-state index contributed by atoms with van der Waals surface area (Å²) >= 11 is 1.83. The maximum atomic E-state index is 6.62. The summed E-state index contributed by atoms with van der Waals surface area (Å²) in [7, 11) is 0. The number of thiophene rings is 1. The first-order valence-electron chi connectivity index (χ1n) is 17.1. The molecule has 1 aliphatic heterocycles. The number of para-hydroxylation sites is 3. The molecule has 0 amide bonds. The third kappa shape index (κ3) is 4.38. The number of anilines is 3.